The van der Waals surface area contributed by atoms with E-state index in [-0.39, 0.29) is 27.9 Å². The van der Waals surface area contributed by atoms with Crippen molar-refractivity contribution in [3.05, 3.63) is 51.1 Å². The van der Waals surface area contributed by atoms with Gasteiger partial charge in [-0.15, -0.1) is 0 Å². The van der Waals surface area contributed by atoms with E-state index >= 15 is 0 Å². The number of carbonyl (C=O) groups excluding carboxylic acids is 1. The predicted octanol–water partition coefficient (Wildman–Crippen LogP) is 4.07. The highest BCUT2D eigenvalue weighted by molar-refractivity contribution is 6.36. The maximum Gasteiger partial charge on any atom is 0.363 e. The van der Waals surface area contributed by atoms with Gasteiger partial charge in [-0.1, -0.05) is 23.2 Å². The van der Waals surface area contributed by atoms with Crippen LogP contribution in [0.25, 0.3) is 6.08 Å². The van der Waals surface area contributed by atoms with Crippen molar-refractivity contribution in [1.29, 1.82) is 0 Å². The van der Waals surface area contributed by atoms with Gasteiger partial charge in [0.25, 0.3) is 0 Å². The normalized spacial score (nSPS) is 14.7. The number of ether oxygens (including phenoxy) is 4. The van der Waals surface area contributed by atoms with E-state index in [1.807, 2.05) is 0 Å². The summed E-state index contributed by atoms with van der Waals surface area (Å²) < 4.78 is 21.1. The van der Waals surface area contributed by atoms with Crippen LogP contribution in [-0.4, -0.2) is 38.3 Å². The fourth-order valence-corrected chi connectivity index (χ4v) is 3.09. The Hall–Kier alpha value is -2.90. The molecule has 2 aromatic carbocycles. The smallest absolute Gasteiger partial charge is 0.363 e. The van der Waals surface area contributed by atoms with Gasteiger partial charge >= 0.3 is 5.97 Å². The summed E-state index contributed by atoms with van der Waals surface area (Å²) in [6, 6.07) is 6.04. The van der Waals surface area contributed by atoms with Crippen molar-refractivity contribution in [3.63, 3.8) is 0 Å². The number of nitrogens with zero attached hydrogens (tertiary/aromatic N) is 1. The van der Waals surface area contributed by atoms with Gasteiger partial charge in [0, 0.05) is 16.1 Å². The average molecular weight is 424 g/mol. The molecule has 0 atom stereocenters. The third kappa shape index (κ3) is 3.72. The highest BCUT2D eigenvalue weighted by Gasteiger charge is 2.27. The van der Waals surface area contributed by atoms with Gasteiger partial charge in [0.05, 0.1) is 26.4 Å². The molecule has 146 valence electrons. The van der Waals surface area contributed by atoms with Crippen molar-refractivity contribution in [2.75, 3.05) is 21.3 Å². The predicted molar refractivity (Wildman–Crippen MR) is 105 cm³/mol. The molecule has 0 spiro atoms. The van der Waals surface area contributed by atoms with Crippen molar-refractivity contribution in [1.82, 2.24) is 0 Å². The minimum atomic E-state index is -0.695. The summed E-state index contributed by atoms with van der Waals surface area (Å²) in [5, 5.41) is 10.4. The maximum atomic E-state index is 12.2. The Morgan fingerprint density at radius 1 is 1.04 bits per heavy atom. The Labute approximate surface area is 170 Å². The molecule has 0 fully saturated rings. The fraction of sp³-hybridized carbons (Fsp3) is 0.158. The van der Waals surface area contributed by atoms with Gasteiger partial charge in [-0.25, -0.2) is 9.79 Å². The molecular formula is C19H15Cl2NO6. The van der Waals surface area contributed by atoms with Crippen molar-refractivity contribution >= 4 is 41.1 Å². The number of esters is 1. The van der Waals surface area contributed by atoms with Crippen LogP contribution in [0.2, 0.25) is 10.0 Å². The minimum absolute atomic E-state index is 0.0302. The van der Waals surface area contributed by atoms with Crippen LogP contribution in [0.5, 0.6) is 23.0 Å². The monoisotopic (exact) mass is 423 g/mol. The van der Waals surface area contributed by atoms with E-state index in [0.717, 1.165) is 0 Å². The maximum absolute atomic E-state index is 12.2. The van der Waals surface area contributed by atoms with Gasteiger partial charge in [-0.3, -0.25) is 0 Å². The van der Waals surface area contributed by atoms with E-state index in [4.69, 9.17) is 42.1 Å². The number of benzene rings is 2. The molecular weight excluding hydrogens is 409 g/mol. The number of carbonyl (C=O) groups is 1. The topological polar surface area (TPSA) is 86.6 Å². The molecule has 0 saturated carbocycles. The molecule has 0 aliphatic carbocycles. The van der Waals surface area contributed by atoms with Crippen LogP contribution in [0, 0.1) is 0 Å². The van der Waals surface area contributed by atoms with Crippen LogP contribution in [0.3, 0.4) is 0 Å². The zero-order chi connectivity index (χ0) is 20.4. The second-order valence-corrected chi connectivity index (χ2v) is 6.42. The SMILES string of the molecule is COc1cc(C2=NC(=Cc3cc(Cl)cc(Cl)c3O)C(=O)O2)cc(OC)c1OC. The van der Waals surface area contributed by atoms with Crippen LogP contribution >= 0.6 is 23.2 Å². The van der Waals surface area contributed by atoms with Crippen LogP contribution in [-0.2, 0) is 9.53 Å². The molecule has 0 radical (unpaired) electrons. The third-order valence-corrected chi connectivity index (χ3v) is 4.39. The first kappa shape index (κ1) is 19.9. The lowest BCUT2D eigenvalue weighted by Gasteiger charge is -2.13. The minimum Gasteiger partial charge on any atom is -0.506 e. The molecule has 0 bridgehead atoms. The second-order valence-electron chi connectivity index (χ2n) is 5.58. The number of rotatable bonds is 5. The Balaban J connectivity index is 2.06. The molecule has 28 heavy (non-hydrogen) atoms. The number of hydrogen-bond donors (Lipinski definition) is 1. The molecule has 3 rings (SSSR count). The van der Waals surface area contributed by atoms with Crippen LogP contribution in [0.15, 0.2) is 35.0 Å². The van der Waals surface area contributed by atoms with E-state index < -0.39 is 5.97 Å². The van der Waals surface area contributed by atoms with Gasteiger partial charge in [0.2, 0.25) is 11.6 Å². The van der Waals surface area contributed by atoms with Gasteiger partial charge < -0.3 is 24.1 Å². The van der Waals surface area contributed by atoms with Crippen molar-refractivity contribution < 1.29 is 28.8 Å². The fourth-order valence-electron chi connectivity index (χ4n) is 2.58. The summed E-state index contributed by atoms with van der Waals surface area (Å²) >= 11 is 11.9. The van der Waals surface area contributed by atoms with Gasteiger partial charge in [-0.05, 0) is 30.3 Å². The zero-order valence-corrected chi connectivity index (χ0v) is 16.6. The molecule has 0 unspecified atom stereocenters. The summed E-state index contributed by atoms with van der Waals surface area (Å²) in [6.45, 7) is 0. The quantitative estimate of drug-likeness (QED) is 0.575. The van der Waals surface area contributed by atoms with Gasteiger partial charge in [-0.2, -0.15) is 0 Å². The number of phenolic OH excluding ortho intramolecular Hbond substituents is 1. The molecule has 1 aliphatic heterocycles. The molecule has 1 N–H and O–H groups in total. The summed E-state index contributed by atoms with van der Waals surface area (Å²) in [4.78, 5) is 16.4. The number of phenols is 1. The first-order valence-electron chi connectivity index (χ1n) is 7.89. The molecule has 7 nitrogen and oxygen atoms in total. The lowest BCUT2D eigenvalue weighted by atomic mass is 10.1. The highest BCUT2D eigenvalue weighted by Crippen LogP contribution is 2.39. The van der Waals surface area contributed by atoms with Crippen molar-refractivity contribution in [2.45, 2.75) is 0 Å². The number of hydrogen-bond acceptors (Lipinski definition) is 7. The van der Waals surface area contributed by atoms with Crippen molar-refractivity contribution in [2.24, 2.45) is 4.99 Å². The van der Waals surface area contributed by atoms with E-state index in [0.29, 0.717) is 27.8 Å². The number of halogens is 2. The lowest BCUT2D eigenvalue weighted by molar-refractivity contribution is -0.129. The Morgan fingerprint density at radius 2 is 1.68 bits per heavy atom. The largest absolute Gasteiger partial charge is 0.506 e. The van der Waals surface area contributed by atoms with Crippen molar-refractivity contribution in [3.8, 4) is 23.0 Å². The third-order valence-electron chi connectivity index (χ3n) is 3.88. The van der Waals surface area contributed by atoms with Crippen LogP contribution in [0.1, 0.15) is 11.1 Å². The number of methoxy groups -OCH3 is 3. The molecule has 0 aromatic heterocycles. The molecule has 0 saturated heterocycles. The van der Waals surface area contributed by atoms with E-state index in [2.05, 4.69) is 4.99 Å². The molecule has 2 aromatic rings. The first-order chi connectivity index (χ1) is 13.4. The van der Waals surface area contributed by atoms with E-state index in [1.54, 1.807) is 12.1 Å². The average Bonchev–Trinajstić information content (AvgIpc) is 3.04. The summed E-state index contributed by atoms with van der Waals surface area (Å²) in [7, 11) is 4.43. The molecule has 0 amide bonds. The Kier molecular flexibility index (Phi) is 5.67. The number of aromatic hydroxyl groups is 1. The Morgan fingerprint density at radius 3 is 2.25 bits per heavy atom. The van der Waals surface area contributed by atoms with E-state index in [1.165, 1.54) is 39.5 Å². The standard InChI is InChI=1S/C19H15Cl2NO6/c1-25-14-6-10(7-15(26-2)17(14)27-3)18-22-13(19(24)28-18)5-9-4-11(20)8-12(21)16(9)23/h4-8,23H,1-3H3. The summed E-state index contributed by atoms with van der Waals surface area (Å²) in [5.41, 5.74) is 0.649. The molecule has 9 heteroatoms. The second kappa shape index (κ2) is 8.00. The number of aliphatic imine (C=N–C) groups is 1. The van der Waals surface area contributed by atoms with Gasteiger partial charge in [0.15, 0.2) is 17.2 Å². The molecule has 1 aliphatic rings. The Bertz CT molecular complexity index is 991. The summed E-state index contributed by atoms with van der Waals surface area (Å²) in [5.74, 6) is 0.290. The molecule has 1 heterocycles. The first-order valence-corrected chi connectivity index (χ1v) is 8.64. The van der Waals surface area contributed by atoms with Crippen LogP contribution in [0.4, 0.5) is 0 Å². The zero-order valence-electron chi connectivity index (χ0n) is 15.1. The number of cyclic esters (lactones) is 1. The highest BCUT2D eigenvalue weighted by atomic mass is 35.5. The summed E-state index contributed by atoms with van der Waals surface area (Å²) in [6.07, 6.45) is 1.33. The van der Waals surface area contributed by atoms with Gasteiger partial charge in [0.1, 0.15) is 5.75 Å². The lowest BCUT2D eigenvalue weighted by Crippen LogP contribution is -2.06. The van der Waals surface area contributed by atoms with Crippen LogP contribution < -0.4 is 14.2 Å². The van der Waals surface area contributed by atoms with E-state index in [9.17, 15) is 9.90 Å².